The molecule has 3 nitrogen and oxygen atoms in total. The first-order chi connectivity index (χ1) is 3.93. The van der Waals surface area contributed by atoms with Gasteiger partial charge in [0.15, 0.2) is 5.69 Å². The van der Waals surface area contributed by atoms with Gasteiger partial charge in [-0.25, -0.2) is 0 Å². The molecule has 0 radical (unpaired) electrons. The highest BCUT2D eigenvalue weighted by Crippen LogP contribution is 1.80. The van der Waals surface area contributed by atoms with Gasteiger partial charge in [-0.1, -0.05) is 5.92 Å². The lowest BCUT2D eigenvalue weighted by Crippen LogP contribution is -1.70. The van der Waals surface area contributed by atoms with Crippen LogP contribution < -0.4 is 0 Å². The highest BCUT2D eigenvalue weighted by Gasteiger charge is 1.82. The lowest BCUT2D eigenvalue weighted by Gasteiger charge is -1.66. The van der Waals surface area contributed by atoms with Crippen molar-refractivity contribution in [2.75, 3.05) is 0 Å². The van der Waals surface area contributed by atoms with E-state index in [1.807, 2.05) is 0 Å². The third-order valence-electron chi connectivity index (χ3n) is 0.668. The van der Waals surface area contributed by atoms with Gasteiger partial charge in [-0.05, 0) is 12.8 Å². The number of aromatic amines is 1. The summed E-state index contributed by atoms with van der Waals surface area (Å²) in [5.41, 5.74) is 0.688. The van der Waals surface area contributed by atoms with Crippen LogP contribution in [0.1, 0.15) is 12.6 Å². The number of rotatable bonds is 0. The number of nitrogens with zero attached hydrogens (tertiary/aromatic N) is 2. The van der Waals surface area contributed by atoms with Gasteiger partial charge in [0.05, 0.1) is 6.20 Å². The molecule has 0 spiro atoms. The van der Waals surface area contributed by atoms with Crippen LogP contribution in [0.5, 0.6) is 0 Å². The third-order valence-corrected chi connectivity index (χ3v) is 0.668. The molecule has 1 rings (SSSR count). The van der Waals surface area contributed by atoms with Crippen LogP contribution in [0, 0.1) is 11.8 Å². The molecule has 0 unspecified atom stereocenters. The van der Waals surface area contributed by atoms with E-state index in [1.165, 1.54) is 0 Å². The summed E-state index contributed by atoms with van der Waals surface area (Å²) in [6.07, 6.45) is 1.58. The van der Waals surface area contributed by atoms with E-state index in [1.54, 1.807) is 13.1 Å². The van der Waals surface area contributed by atoms with Crippen molar-refractivity contribution in [2.45, 2.75) is 6.92 Å². The lowest BCUT2D eigenvalue weighted by molar-refractivity contribution is 0.936. The Kier molecular flexibility index (Phi) is 1.29. The van der Waals surface area contributed by atoms with Crippen LogP contribution in [0.25, 0.3) is 0 Å². The van der Waals surface area contributed by atoms with Crippen LogP contribution in [-0.2, 0) is 0 Å². The second-order valence-electron chi connectivity index (χ2n) is 1.23. The van der Waals surface area contributed by atoms with Gasteiger partial charge < -0.3 is 0 Å². The summed E-state index contributed by atoms with van der Waals surface area (Å²) in [6, 6.07) is 0. The first-order valence-corrected chi connectivity index (χ1v) is 2.22. The first-order valence-electron chi connectivity index (χ1n) is 2.22. The third kappa shape index (κ3) is 0.850. The van der Waals surface area contributed by atoms with Crippen LogP contribution in [0.15, 0.2) is 6.20 Å². The molecule has 40 valence electrons. The fourth-order valence-electron chi connectivity index (χ4n) is 0.390. The molecule has 1 aromatic heterocycles. The predicted octanol–water partition coefficient (Wildman–Crippen LogP) is 0.176. The maximum atomic E-state index is 3.70. The molecule has 0 aliphatic rings. The second-order valence-corrected chi connectivity index (χ2v) is 1.23. The summed E-state index contributed by atoms with van der Waals surface area (Å²) in [6.45, 7) is 1.76. The maximum absolute atomic E-state index is 3.70. The molecule has 0 amide bonds. The topological polar surface area (TPSA) is 41.6 Å². The van der Waals surface area contributed by atoms with Crippen molar-refractivity contribution in [3.05, 3.63) is 11.9 Å². The fraction of sp³-hybridized carbons (Fsp3) is 0.200. The van der Waals surface area contributed by atoms with Gasteiger partial charge in [-0.2, -0.15) is 10.3 Å². The quantitative estimate of drug-likeness (QED) is 0.480. The SMILES string of the molecule is CC#Cc1cn[nH]n1. The molecule has 1 heterocycles. The molecule has 8 heavy (non-hydrogen) atoms. The van der Waals surface area contributed by atoms with Gasteiger partial charge in [0, 0.05) is 0 Å². The largest absolute Gasteiger partial charge is 0.197 e. The summed E-state index contributed by atoms with van der Waals surface area (Å²) in [5, 5.41) is 9.71. The molecular weight excluding hydrogens is 102 g/mol. The molecule has 0 bridgehead atoms. The Labute approximate surface area is 47.1 Å². The molecular formula is C5H5N3. The second kappa shape index (κ2) is 2.12. The van der Waals surface area contributed by atoms with Gasteiger partial charge in [0.2, 0.25) is 0 Å². The van der Waals surface area contributed by atoms with Crippen molar-refractivity contribution in [1.29, 1.82) is 0 Å². The Morgan fingerprint density at radius 3 is 3.12 bits per heavy atom. The van der Waals surface area contributed by atoms with Crippen LogP contribution in [0.2, 0.25) is 0 Å². The van der Waals surface area contributed by atoms with Gasteiger partial charge >= 0.3 is 0 Å². The minimum atomic E-state index is 0.688. The summed E-state index contributed by atoms with van der Waals surface area (Å²) in [5.74, 6) is 5.43. The van der Waals surface area contributed by atoms with Crippen molar-refractivity contribution < 1.29 is 0 Å². The average Bonchev–Trinajstić information content (AvgIpc) is 2.19. The Balaban J connectivity index is 2.88. The van der Waals surface area contributed by atoms with Crippen LogP contribution in [-0.4, -0.2) is 15.4 Å². The van der Waals surface area contributed by atoms with Gasteiger partial charge in [0.25, 0.3) is 0 Å². The van der Waals surface area contributed by atoms with Crippen molar-refractivity contribution >= 4 is 0 Å². The van der Waals surface area contributed by atoms with Crippen molar-refractivity contribution in [3.8, 4) is 11.8 Å². The Hall–Kier alpha value is -1.30. The molecule has 0 aliphatic carbocycles. The molecule has 0 atom stereocenters. The summed E-state index contributed by atoms with van der Waals surface area (Å²) >= 11 is 0. The number of hydrogen-bond donors (Lipinski definition) is 1. The highest BCUT2D eigenvalue weighted by atomic mass is 15.3. The summed E-state index contributed by atoms with van der Waals surface area (Å²) in [4.78, 5) is 0. The van der Waals surface area contributed by atoms with Crippen molar-refractivity contribution in [3.63, 3.8) is 0 Å². The van der Waals surface area contributed by atoms with Crippen LogP contribution in [0.3, 0.4) is 0 Å². The smallest absolute Gasteiger partial charge is 0.155 e. The minimum absolute atomic E-state index is 0.688. The zero-order chi connectivity index (χ0) is 5.82. The number of nitrogens with one attached hydrogen (secondary N) is 1. The molecule has 0 fully saturated rings. The molecule has 0 aromatic carbocycles. The van der Waals surface area contributed by atoms with Gasteiger partial charge in [-0.3, -0.25) is 0 Å². The Morgan fingerprint density at radius 1 is 1.75 bits per heavy atom. The number of hydrogen-bond acceptors (Lipinski definition) is 2. The fourth-order valence-corrected chi connectivity index (χ4v) is 0.390. The molecule has 0 saturated carbocycles. The lowest BCUT2D eigenvalue weighted by atomic mass is 10.5. The number of aromatic nitrogens is 3. The van der Waals surface area contributed by atoms with E-state index in [0.717, 1.165) is 0 Å². The van der Waals surface area contributed by atoms with Gasteiger partial charge in [0.1, 0.15) is 0 Å². The average molecular weight is 107 g/mol. The van der Waals surface area contributed by atoms with E-state index in [-0.39, 0.29) is 0 Å². The van der Waals surface area contributed by atoms with Gasteiger partial charge in [-0.15, -0.1) is 5.10 Å². The monoisotopic (exact) mass is 107 g/mol. The minimum Gasteiger partial charge on any atom is -0.197 e. The van der Waals surface area contributed by atoms with Crippen LogP contribution >= 0.6 is 0 Å². The van der Waals surface area contributed by atoms with E-state index in [2.05, 4.69) is 27.3 Å². The summed E-state index contributed by atoms with van der Waals surface area (Å²) in [7, 11) is 0. The first kappa shape index (κ1) is 4.85. The van der Waals surface area contributed by atoms with E-state index in [0.29, 0.717) is 5.69 Å². The molecule has 0 saturated heterocycles. The Morgan fingerprint density at radius 2 is 2.62 bits per heavy atom. The normalized spacial score (nSPS) is 7.62. The highest BCUT2D eigenvalue weighted by molar-refractivity contribution is 5.21. The molecule has 1 N–H and O–H groups in total. The Bertz CT molecular complexity index is 201. The van der Waals surface area contributed by atoms with E-state index < -0.39 is 0 Å². The predicted molar refractivity (Wildman–Crippen MR) is 28.9 cm³/mol. The van der Waals surface area contributed by atoms with E-state index in [4.69, 9.17) is 0 Å². The van der Waals surface area contributed by atoms with Crippen molar-refractivity contribution in [1.82, 2.24) is 15.4 Å². The zero-order valence-electron chi connectivity index (χ0n) is 4.47. The molecule has 1 aromatic rings. The van der Waals surface area contributed by atoms with Crippen molar-refractivity contribution in [2.24, 2.45) is 0 Å². The molecule has 0 aliphatic heterocycles. The standard InChI is InChI=1S/C5H5N3/c1-2-3-5-4-6-8-7-5/h4H,1H3,(H,6,7,8). The summed E-state index contributed by atoms with van der Waals surface area (Å²) < 4.78 is 0. The zero-order valence-corrected chi connectivity index (χ0v) is 4.47. The van der Waals surface area contributed by atoms with E-state index in [9.17, 15) is 0 Å². The molecule has 3 heteroatoms. The maximum Gasteiger partial charge on any atom is 0.155 e. The number of H-pyrrole nitrogens is 1. The van der Waals surface area contributed by atoms with E-state index >= 15 is 0 Å². The van der Waals surface area contributed by atoms with Crippen LogP contribution in [0.4, 0.5) is 0 Å².